The molecule has 144 valence electrons. The number of ether oxygens (including phenoxy) is 1. The van der Waals surface area contributed by atoms with Gasteiger partial charge in [0.1, 0.15) is 23.1 Å². The number of nitrogens with zero attached hydrogens (tertiary/aromatic N) is 2. The zero-order valence-corrected chi connectivity index (χ0v) is 16.5. The third-order valence-electron chi connectivity index (χ3n) is 5.15. The Labute approximate surface area is 168 Å². The molecule has 28 heavy (non-hydrogen) atoms. The van der Waals surface area contributed by atoms with E-state index in [-0.39, 0.29) is 18.1 Å². The van der Waals surface area contributed by atoms with Gasteiger partial charge in [0, 0.05) is 12.1 Å². The molecule has 1 saturated heterocycles. The number of hydrogen-bond donors (Lipinski definition) is 0. The van der Waals surface area contributed by atoms with E-state index >= 15 is 0 Å². The largest absolute Gasteiger partial charge is 0.370 e. The van der Waals surface area contributed by atoms with Crippen LogP contribution in [0.3, 0.4) is 0 Å². The molecule has 1 aliphatic rings. The van der Waals surface area contributed by atoms with Crippen molar-refractivity contribution < 1.29 is 14.1 Å². The molecule has 2 atom stereocenters. The molecule has 3 aromatic rings. The predicted octanol–water partition coefficient (Wildman–Crippen LogP) is 4.91. The third-order valence-corrected chi connectivity index (χ3v) is 5.48. The Balaban J connectivity index is 1.68. The lowest BCUT2D eigenvalue weighted by Gasteiger charge is -2.39. The van der Waals surface area contributed by atoms with Gasteiger partial charge in [0.05, 0.1) is 17.7 Å². The summed E-state index contributed by atoms with van der Waals surface area (Å²) in [5.41, 5.74) is 2.67. The summed E-state index contributed by atoms with van der Waals surface area (Å²) >= 11 is 6.34. The van der Waals surface area contributed by atoms with E-state index in [4.69, 9.17) is 20.9 Å². The van der Waals surface area contributed by atoms with Crippen molar-refractivity contribution in [2.75, 3.05) is 13.2 Å². The number of morpholine rings is 1. The molecule has 5 nitrogen and oxygen atoms in total. The number of halogens is 1. The summed E-state index contributed by atoms with van der Waals surface area (Å²) in [6.45, 7) is 4.74. The molecule has 1 aliphatic heterocycles. The van der Waals surface area contributed by atoms with E-state index in [0.29, 0.717) is 40.8 Å². The highest BCUT2D eigenvalue weighted by Crippen LogP contribution is 2.34. The number of amides is 1. The summed E-state index contributed by atoms with van der Waals surface area (Å²) in [4.78, 5) is 15.3. The lowest BCUT2D eigenvalue weighted by Crippen LogP contribution is -2.48. The average molecular weight is 397 g/mol. The van der Waals surface area contributed by atoms with E-state index in [9.17, 15) is 4.79 Å². The second kappa shape index (κ2) is 7.78. The molecule has 1 amide bonds. The van der Waals surface area contributed by atoms with Crippen molar-refractivity contribution in [3.05, 3.63) is 76.5 Å². The topological polar surface area (TPSA) is 55.6 Å². The van der Waals surface area contributed by atoms with Crippen molar-refractivity contribution in [1.29, 1.82) is 0 Å². The number of carbonyl (C=O) groups excluding carboxylic acids is 1. The van der Waals surface area contributed by atoms with Gasteiger partial charge in [-0.2, -0.15) is 0 Å². The fraction of sp³-hybridized carbons (Fsp3) is 0.273. The molecular weight excluding hydrogens is 376 g/mol. The first-order valence-electron chi connectivity index (χ1n) is 9.26. The maximum Gasteiger partial charge on any atom is 0.260 e. The first-order valence-corrected chi connectivity index (χ1v) is 9.64. The normalized spacial score (nSPS) is 19.6. The van der Waals surface area contributed by atoms with Crippen LogP contribution in [-0.2, 0) is 4.74 Å². The Bertz CT molecular complexity index is 986. The Kier molecular flexibility index (Phi) is 5.20. The van der Waals surface area contributed by atoms with E-state index < -0.39 is 0 Å². The Morgan fingerprint density at radius 2 is 1.86 bits per heavy atom. The Hall–Kier alpha value is -2.63. The molecule has 2 aromatic carbocycles. The lowest BCUT2D eigenvalue weighted by atomic mass is 9.98. The van der Waals surface area contributed by atoms with Crippen LogP contribution in [0, 0.1) is 6.92 Å². The smallest absolute Gasteiger partial charge is 0.260 e. The van der Waals surface area contributed by atoms with Crippen molar-refractivity contribution in [3.63, 3.8) is 0 Å². The number of hydrogen-bond acceptors (Lipinski definition) is 4. The maximum absolute atomic E-state index is 13.5. The Morgan fingerprint density at radius 1 is 1.14 bits per heavy atom. The van der Waals surface area contributed by atoms with Gasteiger partial charge in [-0.25, -0.2) is 0 Å². The zero-order chi connectivity index (χ0) is 19.7. The number of carbonyl (C=O) groups is 1. The number of aryl methyl sites for hydroxylation is 1. The van der Waals surface area contributed by atoms with Crippen molar-refractivity contribution in [2.24, 2.45) is 0 Å². The zero-order valence-electron chi connectivity index (χ0n) is 15.8. The highest BCUT2D eigenvalue weighted by atomic mass is 35.5. The molecule has 0 saturated carbocycles. The van der Waals surface area contributed by atoms with Crippen LogP contribution in [0.1, 0.15) is 34.7 Å². The molecule has 0 bridgehead atoms. The summed E-state index contributed by atoms with van der Waals surface area (Å²) in [6, 6.07) is 17.2. The predicted molar refractivity (Wildman–Crippen MR) is 107 cm³/mol. The fourth-order valence-corrected chi connectivity index (χ4v) is 3.92. The van der Waals surface area contributed by atoms with Crippen molar-refractivity contribution in [1.82, 2.24) is 10.1 Å². The van der Waals surface area contributed by atoms with Gasteiger partial charge < -0.3 is 14.2 Å². The second-order valence-corrected chi connectivity index (χ2v) is 7.29. The van der Waals surface area contributed by atoms with E-state index in [1.807, 2.05) is 60.4 Å². The fourth-order valence-electron chi connectivity index (χ4n) is 3.69. The molecule has 0 aliphatic carbocycles. The summed E-state index contributed by atoms with van der Waals surface area (Å²) in [5.74, 6) is 0.361. The van der Waals surface area contributed by atoms with Gasteiger partial charge in [-0.15, -0.1) is 0 Å². The highest BCUT2D eigenvalue weighted by molar-refractivity contribution is 6.33. The van der Waals surface area contributed by atoms with Crippen LogP contribution in [0.15, 0.2) is 59.1 Å². The van der Waals surface area contributed by atoms with Crippen LogP contribution in [0.5, 0.6) is 0 Å². The van der Waals surface area contributed by atoms with Gasteiger partial charge in [-0.3, -0.25) is 4.79 Å². The molecule has 6 heteroatoms. The molecule has 0 radical (unpaired) electrons. The van der Waals surface area contributed by atoms with E-state index in [2.05, 4.69) is 5.16 Å². The summed E-state index contributed by atoms with van der Waals surface area (Å²) < 4.78 is 11.4. The molecule has 0 N–H and O–H groups in total. The van der Waals surface area contributed by atoms with Crippen LogP contribution in [-0.4, -0.2) is 35.2 Å². The monoisotopic (exact) mass is 396 g/mol. The van der Waals surface area contributed by atoms with Crippen LogP contribution in [0.2, 0.25) is 5.02 Å². The lowest BCUT2D eigenvalue weighted by molar-refractivity contribution is -0.0551. The van der Waals surface area contributed by atoms with E-state index in [0.717, 1.165) is 5.56 Å². The minimum absolute atomic E-state index is 0.120. The third kappa shape index (κ3) is 3.32. The molecule has 0 spiro atoms. The molecule has 1 fully saturated rings. The van der Waals surface area contributed by atoms with Crippen LogP contribution < -0.4 is 0 Å². The van der Waals surface area contributed by atoms with Gasteiger partial charge in [0.25, 0.3) is 5.91 Å². The minimum Gasteiger partial charge on any atom is -0.370 e. The molecule has 0 unspecified atom stereocenters. The average Bonchev–Trinajstić information content (AvgIpc) is 3.10. The van der Waals surface area contributed by atoms with Crippen LogP contribution >= 0.6 is 11.6 Å². The van der Waals surface area contributed by atoms with Crippen LogP contribution in [0.4, 0.5) is 0 Å². The van der Waals surface area contributed by atoms with E-state index in [1.165, 1.54) is 0 Å². The first-order chi connectivity index (χ1) is 13.6. The number of rotatable bonds is 3. The van der Waals surface area contributed by atoms with Gasteiger partial charge in [-0.05, 0) is 25.5 Å². The second-order valence-electron chi connectivity index (χ2n) is 6.88. The summed E-state index contributed by atoms with van der Waals surface area (Å²) in [7, 11) is 0. The van der Waals surface area contributed by atoms with Gasteiger partial charge in [-0.1, -0.05) is 65.3 Å². The van der Waals surface area contributed by atoms with Crippen molar-refractivity contribution >= 4 is 17.5 Å². The molecule has 2 heterocycles. The van der Waals surface area contributed by atoms with Gasteiger partial charge in [0.15, 0.2) is 0 Å². The summed E-state index contributed by atoms with van der Waals surface area (Å²) in [6.07, 6.45) is -0.178. The molecule has 1 aromatic heterocycles. The maximum atomic E-state index is 13.5. The quantitative estimate of drug-likeness (QED) is 0.631. The number of aromatic nitrogens is 1. The standard InChI is InChI=1S/C22H21ClN2O3/c1-14-21(16-8-4-3-5-9-16)27-13-12-25(14)22(26)19-15(2)28-24-20(19)17-10-6-7-11-18(17)23/h3-11,14,21H,12-13H2,1-2H3/t14-,21+/m1/s1. The number of benzene rings is 2. The van der Waals surface area contributed by atoms with Crippen molar-refractivity contribution in [3.8, 4) is 11.3 Å². The van der Waals surface area contributed by atoms with Crippen molar-refractivity contribution in [2.45, 2.75) is 26.0 Å². The van der Waals surface area contributed by atoms with Gasteiger partial charge in [0.2, 0.25) is 0 Å². The molecular formula is C22H21ClN2O3. The minimum atomic E-state index is -0.178. The SMILES string of the molecule is Cc1onc(-c2ccccc2Cl)c1C(=O)N1CCO[C@H](c2ccccc2)[C@H]1C. The Morgan fingerprint density at radius 3 is 2.61 bits per heavy atom. The first kappa shape index (κ1) is 18.7. The van der Waals surface area contributed by atoms with E-state index in [1.54, 1.807) is 13.0 Å². The molecule has 4 rings (SSSR count). The van der Waals surface area contributed by atoms with Gasteiger partial charge >= 0.3 is 0 Å². The highest BCUT2D eigenvalue weighted by Gasteiger charge is 2.36. The summed E-state index contributed by atoms with van der Waals surface area (Å²) in [5, 5.41) is 4.66. The van der Waals surface area contributed by atoms with Crippen LogP contribution in [0.25, 0.3) is 11.3 Å².